The summed E-state index contributed by atoms with van der Waals surface area (Å²) in [6.45, 7) is 2.55. The molecule has 0 bridgehead atoms. The zero-order chi connectivity index (χ0) is 24.3. The van der Waals surface area contributed by atoms with Crippen molar-refractivity contribution in [1.29, 1.82) is 0 Å². The Labute approximate surface area is 198 Å². The minimum absolute atomic E-state index is 0.0137. The maximum Gasteiger partial charge on any atom is 0.241 e. The van der Waals surface area contributed by atoms with Crippen LogP contribution in [0.3, 0.4) is 0 Å². The van der Waals surface area contributed by atoms with Gasteiger partial charge in [-0.05, 0) is 30.0 Å². The normalized spacial score (nSPS) is 14.8. The summed E-state index contributed by atoms with van der Waals surface area (Å²) in [7, 11) is 0. The number of anilines is 4. The number of hydrogen-bond acceptors (Lipinski definition) is 7. The molecule has 4 aromatic rings. The van der Waals surface area contributed by atoms with E-state index in [2.05, 4.69) is 31.0 Å². The first kappa shape index (κ1) is 21.0. The molecule has 0 atom stereocenters. The highest BCUT2D eigenvalue weighted by Crippen LogP contribution is 2.38. The van der Waals surface area contributed by atoms with E-state index in [9.17, 15) is 9.59 Å². The van der Waals surface area contributed by atoms with Crippen LogP contribution < -0.4 is 21.7 Å². The molecule has 0 saturated carbocycles. The van der Waals surface area contributed by atoms with Crippen LogP contribution in [-0.2, 0) is 29.0 Å². The van der Waals surface area contributed by atoms with E-state index in [1.807, 2.05) is 13.0 Å². The Morgan fingerprint density at radius 2 is 1.94 bits per heavy atom. The predicted molar refractivity (Wildman–Crippen MR) is 129 cm³/mol. The molecule has 0 unspecified atom stereocenters. The summed E-state index contributed by atoms with van der Waals surface area (Å²) in [6.07, 6.45) is 3.98. The monoisotopic (exact) mass is 472 g/mol. The number of nitrogens with two attached hydrogens (primary N) is 1. The van der Waals surface area contributed by atoms with Gasteiger partial charge in [0.25, 0.3) is 0 Å². The summed E-state index contributed by atoms with van der Waals surface area (Å²) in [5, 5.41) is 14.4. The molecule has 3 aromatic heterocycles. The third-order valence-electron chi connectivity index (χ3n) is 6.41. The van der Waals surface area contributed by atoms with Gasteiger partial charge in [0.05, 0.1) is 23.5 Å². The first-order valence-corrected chi connectivity index (χ1v) is 11.1. The van der Waals surface area contributed by atoms with Crippen LogP contribution in [0.2, 0.25) is 0 Å². The number of amides is 2. The highest BCUT2D eigenvalue weighted by atomic mass is 19.1. The molecule has 2 aliphatic rings. The summed E-state index contributed by atoms with van der Waals surface area (Å²) in [6, 6.07) is 5.35. The van der Waals surface area contributed by atoms with Gasteiger partial charge in [-0.3, -0.25) is 19.3 Å². The molecule has 0 radical (unpaired) electrons. The lowest BCUT2D eigenvalue weighted by Gasteiger charge is -2.14. The van der Waals surface area contributed by atoms with Crippen molar-refractivity contribution in [3.63, 3.8) is 0 Å². The second-order valence-electron chi connectivity index (χ2n) is 8.69. The Kier molecular flexibility index (Phi) is 4.66. The molecule has 0 saturated heterocycles. The number of rotatable bonds is 3. The van der Waals surface area contributed by atoms with Gasteiger partial charge in [0, 0.05) is 53.6 Å². The summed E-state index contributed by atoms with van der Waals surface area (Å²) in [5.41, 5.74) is 9.93. The Morgan fingerprint density at radius 1 is 1.09 bits per heavy atom. The van der Waals surface area contributed by atoms with E-state index in [0.717, 1.165) is 11.3 Å². The summed E-state index contributed by atoms with van der Waals surface area (Å²) in [4.78, 5) is 32.3. The molecule has 5 heterocycles. The van der Waals surface area contributed by atoms with E-state index in [-0.39, 0.29) is 30.5 Å². The van der Waals surface area contributed by atoms with Crippen LogP contribution in [0, 0.1) is 12.7 Å². The van der Waals surface area contributed by atoms with Crippen LogP contribution >= 0.6 is 0 Å². The van der Waals surface area contributed by atoms with Gasteiger partial charge in [-0.2, -0.15) is 5.10 Å². The zero-order valence-corrected chi connectivity index (χ0v) is 18.8. The van der Waals surface area contributed by atoms with Crippen LogP contribution in [0.5, 0.6) is 0 Å². The van der Waals surface area contributed by atoms with Crippen LogP contribution in [-0.4, -0.2) is 38.1 Å². The fourth-order valence-electron chi connectivity index (χ4n) is 4.63. The Hall–Kier alpha value is -4.54. The van der Waals surface area contributed by atoms with Crippen molar-refractivity contribution in [3.8, 4) is 11.1 Å². The minimum atomic E-state index is -0.565. The third kappa shape index (κ3) is 3.52. The van der Waals surface area contributed by atoms with Crippen LogP contribution in [0.1, 0.15) is 17.0 Å². The molecular weight excluding hydrogens is 451 g/mol. The molecule has 1 aromatic carbocycles. The number of carbonyl (C=O) groups is 2. The maximum absolute atomic E-state index is 15.3. The van der Waals surface area contributed by atoms with E-state index in [1.165, 1.54) is 6.20 Å². The van der Waals surface area contributed by atoms with Gasteiger partial charge >= 0.3 is 0 Å². The first-order chi connectivity index (χ1) is 16.9. The van der Waals surface area contributed by atoms with Gasteiger partial charge in [0.2, 0.25) is 11.8 Å². The molecule has 35 heavy (non-hydrogen) atoms. The number of aromatic nitrogens is 4. The molecule has 5 N–H and O–H groups in total. The number of nitrogen functional groups attached to an aromatic ring is 1. The number of carbonyl (C=O) groups excluding carboxylic acids is 2. The smallest absolute Gasteiger partial charge is 0.241 e. The Balaban J connectivity index is 1.39. The second-order valence-corrected chi connectivity index (χ2v) is 8.69. The number of halogens is 1. The van der Waals surface area contributed by atoms with E-state index < -0.39 is 5.82 Å². The fourth-order valence-corrected chi connectivity index (χ4v) is 4.63. The van der Waals surface area contributed by atoms with Crippen molar-refractivity contribution in [2.24, 2.45) is 0 Å². The standard InChI is InChI=1S/C24H21FN8O2/c1-11-15(8-28-17-7-20(34)31-24(11)17)14-4-12-5-18(29-9-16(12)23(26)22(14)25)30-19-6-13-2-3-27-21(35)10-33(13)32-19/h4-6,8-9H,2-3,7,10,26H2,1H3,(H,27,35)(H,31,34)(H,29,30,32). The molecule has 6 rings (SSSR count). The first-order valence-electron chi connectivity index (χ1n) is 11.1. The van der Waals surface area contributed by atoms with E-state index in [1.54, 1.807) is 23.0 Å². The molecule has 11 heteroatoms. The van der Waals surface area contributed by atoms with E-state index >= 15 is 4.39 Å². The van der Waals surface area contributed by atoms with E-state index in [4.69, 9.17) is 5.73 Å². The highest BCUT2D eigenvalue weighted by molar-refractivity contribution is 6.02. The van der Waals surface area contributed by atoms with Crippen LogP contribution in [0.4, 0.5) is 27.4 Å². The summed E-state index contributed by atoms with van der Waals surface area (Å²) in [5.74, 6) is 0.285. The van der Waals surface area contributed by atoms with Crippen molar-refractivity contribution >= 4 is 45.6 Å². The number of nitrogens with one attached hydrogen (secondary N) is 3. The second kappa shape index (κ2) is 7.76. The van der Waals surface area contributed by atoms with E-state index in [0.29, 0.717) is 57.9 Å². The summed E-state index contributed by atoms with van der Waals surface area (Å²) < 4.78 is 17.0. The van der Waals surface area contributed by atoms with Crippen molar-refractivity contribution in [2.45, 2.75) is 26.3 Å². The Morgan fingerprint density at radius 3 is 2.80 bits per heavy atom. The molecule has 0 spiro atoms. The minimum Gasteiger partial charge on any atom is -0.396 e. The third-order valence-corrected chi connectivity index (χ3v) is 6.41. The van der Waals surface area contributed by atoms with Crippen LogP contribution in [0.25, 0.3) is 21.9 Å². The summed E-state index contributed by atoms with van der Waals surface area (Å²) >= 11 is 0. The number of fused-ring (bicyclic) bond motifs is 3. The molecule has 0 aliphatic carbocycles. The van der Waals surface area contributed by atoms with Crippen molar-refractivity contribution < 1.29 is 14.0 Å². The average Bonchev–Trinajstić information content (AvgIpc) is 3.34. The number of nitrogens with zero attached hydrogens (tertiary/aromatic N) is 4. The molecule has 2 amide bonds. The SMILES string of the molecule is Cc1c(-c2cc3cc(Nc4cc5n(n4)CC(=O)NCC5)ncc3c(N)c2F)cnc2c1NC(=O)C2. The molecular formula is C24H21FN8O2. The van der Waals surface area contributed by atoms with Gasteiger partial charge in [0.1, 0.15) is 12.4 Å². The lowest BCUT2D eigenvalue weighted by atomic mass is 9.96. The maximum atomic E-state index is 15.3. The topological polar surface area (TPSA) is 140 Å². The molecule has 10 nitrogen and oxygen atoms in total. The van der Waals surface area contributed by atoms with Crippen molar-refractivity contribution in [3.05, 3.63) is 53.4 Å². The lowest BCUT2D eigenvalue weighted by molar-refractivity contribution is -0.121. The van der Waals surface area contributed by atoms with Gasteiger partial charge in [0.15, 0.2) is 11.6 Å². The van der Waals surface area contributed by atoms with Gasteiger partial charge in [-0.25, -0.2) is 9.37 Å². The highest BCUT2D eigenvalue weighted by Gasteiger charge is 2.24. The number of benzene rings is 1. The number of hydrogen-bond donors (Lipinski definition) is 4. The largest absolute Gasteiger partial charge is 0.396 e. The van der Waals surface area contributed by atoms with Gasteiger partial charge in [-0.15, -0.1) is 0 Å². The van der Waals surface area contributed by atoms with Gasteiger partial charge in [-0.1, -0.05) is 0 Å². The molecule has 0 fully saturated rings. The fraction of sp³-hybridized carbons (Fsp3) is 0.208. The molecule has 176 valence electrons. The lowest BCUT2D eigenvalue weighted by Crippen LogP contribution is -2.25. The van der Waals surface area contributed by atoms with Crippen molar-refractivity contribution in [2.75, 3.05) is 22.9 Å². The zero-order valence-electron chi connectivity index (χ0n) is 18.8. The quantitative estimate of drug-likeness (QED) is 0.336. The van der Waals surface area contributed by atoms with Crippen molar-refractivity contribution in [1.82, 2.24) is 25.1 Å². The number of pyridine rings is 2. The molecule has 2 aliphatic heterocycles. The van der Waals surface area contributed by atoms with Crippen LogP contribution in [0.15, 0.2) is 30.6 Å². The Bertz CT molecular complexity index is 1560. The average molecular weight is 472 g/mol. The predicted octanol–water partition coefficient (Wildman–Crippen LogP) is 2.43. The van der Waals surface area contributed by atoms with Gasteiger partial charge < -0.3 is 21.7 Å².